The van der Waals surface area contributed by atoms with Gasteiger partial charge >= 0.3 is 0 Å². The molecule has 0 saturated carbocycles. The van der Waals surface area contributed by atoms with E-state index in [4.69, 9.17) is 5.10 Å². The van der Waals surface area contributed by atoms with Crippen LogP contribution in [-0.2, 0) is 6.54 Å². The molecule has 2 aromatic carbocycles. The van der Waals surface area contributed by atoms with Crippen LogP contribution >= 0.6 is 0 Å². The molecule has 0 saturated heterocycles. The van der Waals surface area contributed by atoms with E-state index in [-0.39, 0.29) is 17.8 Å². The van der Waals surface area contributed by atoms with Gasteiger partial charge in [0.1, 0.15) is 5.82 Å². The maximum atomic E-state index is 14.2. The monoisotopic (exact) mass is 359 g/mol. The summed E-state index contributed by atoms with van der Waals surface area (Å²) in [6.45, 7) is 4.61. The van der Waals surface area contributed by atoms with Crippen LogP contribution in [0, 0.1) is 18.7 Å². The molecule has 2 atom stereocenters. The van der Waals surface area contributed by atoms with E-state index in [2.05, 4.69) is 43.1 Å². The zero-order chi connectivity index (χ0) is 18.8. The van der Waals surface area contributed by atoms with Crippen molar-refractivity contribution in [3.63, 3.8) is 0 Å². The van der Waals surface area contributed by atoms with Crippen LogP contribution < -0.4 is 0 Å². The summed E-state index contributed by atoms with van der Waals surface area (Å²) < 4.78 is 16.1. The van der Waals surface area contributed by atoms with Gasteiger partial charge in [-0.2, -0.15) is 5.10 Å². The molecular formula is C23H22FN3. The highest BCUT2D eigenvalue weighted by Crippen LogP contribution is 2.32. The number of hydrogen-bond donors (Lipinski definition) is 0. The van der Waals surface area contributed by atoms with Crippen LogP contribution in [0.3, 0.4) is 0 Å². The summed E-state index contributed by atoms with van der Waals surface area (Å²) in [6, 6.07) is 17.2. The molecule has 3 nitrogen and oxygen atoms in total. The quantitative estimate of drug-likeness (QED) is 0.616. The smallest absolute Gasteiger partial charge is 0.128 e. The maximum Gasteiger partial charge on any atom is 0.128 e. The van der Waals surface area contributed by atoms with Gasteiger partial charge in [-0.1, -0.05) is 55.5 Å². The second-order valence-corrected chi connectivity index (χ2v) is 7.01. The number of aryl methyl sites for hydroxylation is 1. The first-order valence-corrected chi connectivity index (χ1v) is 9.20. The fourth-order valence-corrected chi connectivity index (χ4v) is 3.52. The molecule has 0 N–H and O–H groups in total. The molecule has 0 spiro atoms. The van der Waals surface area contributed by atoms with Gasteiger partial charge < -0.3 is 0 Å². The molecule has 0 radical (unpaired) electrons. The van der Waals surface area contributed by atoms with Crippen molar-refractivity contribution in [3.8, 4) is 11.3 Å². The average molecular weight is 359 g/mol. The van der Waals surface area contributed by atoms with Crippen molar-refractivity contribution >= 4 is 6.21 Å². The fraction of sp³-hybridized carbons (Fsp3) is 0.217. The van der Waals surface area contributed by atoms with Gasteiger partial charge in [0.2, 0.25) is 0 Å². The number of aliphatic imine (C=N–C) groups is 1. The number of allylic oxidation sites excluding steroid dienone is 1. The molecule has 0 aliphatic carbocycles. The van der Waals surface area contributed by atoms with E-state index in [0.29, 0.717) is 12.1 Å². The van der Waals surface area contributed by atoms with E-state index in [9.17, 15) is 4.39 Å². The van der Waals surface area contributed by atoms with E-state index < -0.39 is 0 Å². The summed E-state index contributed by atoms with van der Waals surface area (Å²) in [7, 11) is 0. The van der Waals surface area contributed by atoms with Gasteiger partial charge in [0.05, 0.1) is 24.0 Å². The highest BCUT2D eigenvalue weighted by atomic mass is 19.1. The second kappa shape index (κ2) is 7.31. The van der Waals surface area contributed by atoms with Crippen LogP contribution in [0.2, 0.25) is 0 Å². The summed E-state index contributed by atoms with van der Waals surface area (Å²) >= 11 is 0. The van der Waals surface area contributed by atoms with Crippen molar-refractivity contribution in [1.82, 2.24) is 9.78 Å². The van der Waals surface area contributed by atoms with Gasteiger partial charge in [-0.25, -0.2) is 4.39 Å². The molecule has 4 heteroatoms. The van der Waals surface area contributed by atoms with Gasteiger partial charge in [-0.15, -0.1) is 0 Å². The molecule has 1 aliphatic heterocycles. The van der Waals surface area contributed by atoms with E-state index in [1.165, 1.54) is 11.6 Å². The Hall–Kier alpha value is -3.01. The Morgan fingerprint density at radius 1 is 1.07 bits per heavy atom. The van der Waals surface area contributed by atoms with Crippen LogP contribution in [0.4, 0.5) is 4.39 Å². The Bertz CT molecular complexity index is 1020. The topological polar surface area (TPSA) is 30.2 Å². The normalized spacial score (nSPS) is 18.8. The first-order chi connectivity index (χ1) is 13.1. The summed E-state index contributed by atoms with van der Waals surface area (Å²) in [5.41, 5.74) is 4.80. The van der Waals surface area contributed by atoms with Crippen molar-refractivity contribution in [2.45, 2.75) is 26.4 Å². The summed E-state index contributed by atoms with van der Waals surface area (Å²) in [5, 5.41) is 4.84. The number of hydrogen-bond acceptors (Lipinski definition) is 2. The molecule has 3 aromatic rings. The average Bonchev–Trinajstić information content (AvgIpc) is 3.08. The lowest BCUT2D eigenvalue weighted by Gasteiger charge is -2.17. The highest BCUT2D eigenvalue weighted by molar-refractivity contribution is 5.72. The third-order valence-electron chi connectivity index (χ3n) is 5.05. The predicted molar refractivity (Wildman–Crippen MR) is 107 cm³/mol. The number of aromatic nitrogens is 2. The van der Waals surface area contributed by atoms with Crippen molar-refractivity contribution in [2.75, 3.05) is 0 Å². The van der Waals surface area contributed by atoms with Crippen LogP contribution in [0.15, 0.2) is 71.7 Å². The Morgan fingerprint density at radius 2 is 1.85 bits per heavy atom. The van der Waals surface area contributed by atoms with E-state index in [1.54, 1.807) is 6.07 Å². The second-order valence-electron chi connectivity index (χ2n) is 7.01. The molecular weight excluding hydrogens is 337 g/mol. The molecule has 1 aliphatic rings. The number of benzene rings is 2. The lowest BCUT2D eigenvalue weighted by atomic mass is 9.96. The molecule has 0 bridgehead atoms. The first-order valence-electron chi connectivity index (χ1n) is 9.20. The van der Waals surface area contributed by atoms with Crippen molar-refractivity contribution in [3.05, 3.63) is 89.4 Å². The Morgan fingerprint density at radius 3 is 2.63 bits per heavy atom. The van der Waals surface area contributed by atoms with Gasteiger partial charge in [-0.05, 0) is 30.7 Å². The molecule has 0 amide bonds. The molecule has 0 fully saturated rings. The van der Waals surface area contributed by atoms with E-state index >= 15 is 0 Å². The zero-order valence-electron chi connectivity index (χ0n) is 15.5. The number of halogens is 1. The standard InChI is InChI=1S/C23H22FN3/c1-16-8-3-5-11-19(16)22-14-21(23-17(2)9-7-13-25-23)26-27(22)15-18-10-4-6-12-20(18)24/h3-14,17,23H,15H2,1-2H3. The minimum absolute atomic E-state index is 0.0142. The molecule has 4 rings (SSSR count). The van der Waals surface area contributed by atoms with Crippen LogP contribution in [0.1, 0.15) is 29.8 Å². The fourth-order valence-electron chi connectivity index (χ4n) is 3.52. The number of rotatable bonds is 4. The van der Waals surface area contributed by atoms with Crippen molar-refractivity contribution in [2.24, 2.45) is 10.9 Å². The summed E-state index contributed by atoms with van der Waals surface area (Å²) in [6.07, 6.45) is 5.94. The lowest BCUT2D eigenvalue weighted by Crippen LogP contribution is -2.11. The SMILES string of the molecule is Cc1ccccc1-c1cc(C2N=CC=CC2C)nn1Cc1ccccc1F. The van der Waals surface area contributed by atoms with Gasteiger partial charge in [-0.3, -0.25) is 9.67 Å². The van der Waals surface area contributed by atoms with Gasteiger partial charge in [0, 0.05) is 23.3 Å². The van der Waals surface area contributed by atoms with E-state index in [0.717, 1.165) is 17.0 Å². The molecule has 1 aromatic heterocycles. The highest BCUT2D eigenvalue weighted by Gasteiger charge is 2.23. The minimum atomic E-state index is -0.211. The molecule has 27 heavy (non-hydrogen) atoms. The zero-order valence-corrected chi connectivity index (χ0v) is 15.5. The summed E-state index contributed by atoms with van der Waals surface area (Å²) in [4.78, 5) is 4.61. The van der Waals surface area contributed by atoms with Crippen LogP contribution in [0.5, 0.6) is 0 Å². The third kappa shape index (κ3) is 3.47. The van der Waals surface area contributed by atoms with Crippen molar-refractivity contribution in [1.29, 1.82) is 0 Å². The van der Waals surface area contributed by atoms with Gasteiger partial charge in [0.15, 0.2) is 0 Å². The lowest BCUT2D eigenvalue weighted by molar-refractivity contribution is 0.533. The largest absolute Gasteiger partial charge is 0.283 e. The Kier molecular flexibility index (Phi) is 4.71. The summed E-state index contributed by atoms with van der Waals surface area (Å²) in [5.74, 6) is 0.0637. The number of dihydropyridines is 1. The van der Waals surface area contributed by atoms with Gasteiger partial charge in [0.25, 0.3) is 0 Å². The van der Waals surface area contributed by atoms with Crippen LogP contribution in [0.25, 0.3) is 11.3 Å². The number of nitrogens with zero attached hydrogens (tertiary/aromatic N) is 3. The maximum absolute atomic E-state index is 14.2. The van der Waals surface area contributed by atoms with E-state index in [1.807, 2.05) is 41.2 Å². The van der Waals surface area contributed by atoms with Crippen LogP contribution in [-0.4, -0.2) is 16.0 Å². The first kappa shape index (κ1) is 17.4. The van der Waals surface area contributed by atoms with Crippen molar-refractivity contribution < 1.29 is 4.39 Å². The molecule has 2 heterocycles. The minimum Gasteiger partial charge on any atom is -0.283 e. The molecule has 136 valence electrons. The predicted octanol–water partition coefficient (Wildman–Crippen LogP) is 5.36. The molecule has 2 unspecified atom stereocenters. The Balaban J connectivity index is 1.81. The third-order valence-corrected chi connectivity index (χ3v) is 5.05. The Labute approximate surface area is 158 Å².